The van der Waals surface area contributed by atoms with Gasteiger partial charge in [-0.25, -0.2) is 4.79 Å². The average molecular weight is 396 g/mol. The third-order valence-corrected chi connectivity index (χ3v) is 4.04. The highest BCUT2D eigenvalue weighted by Gasteiger charge is 2.22. The minimum Gasteiger partial charge on any atom is -0.459 e. The van der Waals surface area contributed by atoms with Crippen LogP contribution in [0, 0.1) is 16.0 Å². The van der Waals surface area contributed by atoms with Crippen LogP contribution in [0.25, 0.3) is 6.08 Å². The summed E-state index contributed by atoms with van der Waals surface area (Å²) in [5.41, 5.74) is 1.32. The summed E-state index contributed by atoms with van der Waals surface area (Å²) in [5.74, 6) is -0.802. The van der Waals surface area contributed by atoms with Gasteiger partial charge in [-0.3, -0.25) is 14.9 Å². The molecule has 2 aromatic rings. The van der Waals surface area contributed by atoms with Crippen LogP contribution in [0.1, 0.15) is 31.4 Å². The van der Waals surface area contributed by atoms with Crippen LogP contribution in [-0.4, -0.2) is 22.8 Å². The Kier molecular flexibility index (Phi) is 8.09. The zero-order valence-electron chi connectivity index (χ0n) is 16.4. The molecule has 7 heteroatoms. The van der Waals surface area contributed by atoms with Crippen molar-refractivity contribution in [2.24, 2.45) is 5.92 Å². The largest absolute Gasteiger partial charge is 0.459 e. The van der Waals surface area contributed by atoms with Gasteiger partial charge >= 0.3 is 5.97 Å². The number of nitrogens with zero attached hydrogens (tertiary/aromatic N) is 1. The van der Waals surface area contributed by atoms with Crippen molar-refractivity contribution in [3.05, 3.63) is 81.9 Å². The molecule has 152 valence electrons. The first-order chi connectivity index (χ1) is 13.8. The van der Waals surface area contributed by atoms with Crippen molar-refractivity contribution in [1.82, 2.24) is 5.32 Å². The molecule has 0 radical (unpaired) electrons. The number of ether oxygens (including phenoxy) is 1. The number of hydrogen-bond acceptors (Lipinski definition) is 5. The van der Waals surface area contributed by atoms with Gasteiger partial charge in [0.25, 0.3) is 5.69 Å². The second-order valence-electron chi connectivity index (χ2n) is 6.97. The number of carbonyl (C=O) groups excluding carboxylic acids is 2. The number of benzene rings is 2. The first kappa shape index (κ1) is 21.8. The monoisotopic (exact) mass is 396 g/mol. The van der Waals surface area contributed by atoms with Crippen molar-refractivity contribution in [3.63, 3.8) is 0 Å². The molecule has 29 heavy (non-hydrogen) atoms. The molecule has 0 saturated carbocycles. The SMILES string of the molecule is CC(C)C[C@H](NC(=O)C=Cc1cccc([N+](=O)[O-])c1)C(=O)OCc1ccccc1. The standard InChI is InChI=1S/C22H24N2O5/c1-16(2)13-20(22(26)29-15-18-7-4-3-5-8-18)23-21(25)12-11-17-9-6-10-19(14-17)24(27)28/h3-12,14,16,20H,13,15H2,1-2H3,(H,23,25)/t20-/m0/s1. The van der Waals surface area contributed by atoms with Gasteiger partial charge < -0.3 is 10.1 Å². The zero-order valence-corrected chi connectivity index (χ0v) is 16.4. The van der Waals surface area contributed by atoms with E-state index in [-0.39, 0.29) is 18.2 Å². The van der Waals surface area contributed by atoms with Crippen LogP contribution < -0.4 is 5.32 Å². The topological polar surface area (TPSA) is 98.5 Å². The fourth-order valence-corrected chi connectivity index (χ4v) is 2.65. The van der Waals surface area contributed by atoms with E-state index in [4.69, 9.17) is 4.74 Å². The quantitative estimate of drug-likeness (QED) is 0.300. The predicted octanol–water partition coefficient (Wildman–Crippen LogP) is 3.88. The second kappa shape index (κ2) is 10.8. The Bertz CT molecular complexity index is 878. The Balaban J connectivity index is 1.99. The summed E-state index contributed by atoms with van der Waals surface area (Å²) in [6.45, 7) is 4.03. The number of amides is 1. The van der Waals surface area contributed by atoms with Crippen molar-refractivity contribution < 1.29 is 19.2 Å². The molecular weight excluding hydrogens is 372 g/mol. The number of carbonyl (C=O) groups is 2. The molecule has 2 aromatic carbocycles. The van der Waals surface area contributed by atoms with Gasteiger partial charge in [0.05, 0.1) is 4.92 Å². The number of nitrogens with one attached hydrogen (secondary N) is 1. The van der Waals surface area contributed by atoms with E-state index >= 15 is 0 Å². The Morgan fingerprint density at radius 3 is 2.52 bits per heavy atom. The van der Waals surface area contributed by atoms with Crippen LogP contribution in [0.5, 0.6) is 0 Å². The van der Waals surface area contributed by atoms with Crippen LogP contribution in [0.2, 0.25) is 0 Å². The Morgan fingerprint density at radius 1 is 1.14 bits per heavy atom. The van der Waals surface area contributed by atoms with Gasteiger partial charge in [0.2, 0.25) is 5.91 Å². The number of hydrogen-bond donors (Lipinski definition) is 1. The molecule has 7 nitrogen and oxygen atoms in total. The molecule has 0 fully saturated rings. The van der Waals surface area contributed by atoms with Gasteiger partial charge in [-0.05, 0) is 29.5 Å². The molecule has 1 atom stereocenters. The normalized spacial score (nSPS) is 12.0. The first-order valence-electron chi connectivity index (χ1n) is 9.28. The van der Waals surface area contributed by atoms with Crippen LogP contribution in [0.3, 0.4) is 0 Å². The lowest BCUT2D eigenvalue weighted by Crippen LogP contribution is -2.42. The summed E-state index contributed by atoms with van der Waals surface area (Å²) in [5, 5.41) is 13.5. The van der Waals surface area contributed by atoms with E-state index in [0.717, 1.165) is 5.56 Å². The molecule has 1 amide bonds. The van der Waals surface area contributed by atoms with Gasteiger partial charge in [-0.1, -0.05) is 56.3 Å². The van der Waals surface area contributed by atoms with E-state index in [1.807, 2.05) is 44.2 Å². The molecule has 0 aromatic heterocycles. The molecule has 0 aliphatic carbocycles. The van der Waals surface area contributed by atoms with Crippen molar-refractivity contribution in [3.8, 4) is 0 Å². The fraction of sp³-hybridized carbons (Fsp3) is 0.273. The molecule has 1 N–H and O–H groups in total. The van der Waals surface area contributed by atoms with Crippen molar-refractivity contribution in [2.75, 3.05) is 0 Å². The van der Waals surface area contributed by atoms with E-state index in [1.54, 1.807) is 6.07 Å². The van der Waals surface area contributed by atoms with Crippen LogP contribution in [0.4, 0.5) is 5.69 Å². The summed E-state index contributed by atoms with van der Waals surface area (Å²) in [6, 6.07) is 14.4. The van der Waals surface area contributed by atoms with E-state index in [2.05, 4.69) is 5.32 Å². The highest BCUT2D eigenvalue weighted by Crippen LogP contribution is 2.14. The molecule has 0 unspecified atom stereocenters. The number of nitro benzene ring substituents is 1. The highest BCUT2D eigenvalue weighted by molar-refractivity contribution is 5.94. The van der Waals surface area contributed by atoms with E-state index in [1.165, 1.54) is 30.4 Å². The molecular formula is C22H24N2O5. The highest BCUT2D eigenvalue weighted by atomic mass is 16.6. The molecule has 0 spiro atoms. The lowest BCUT2D eigenvalue weighted by molar-refractivity contribution is -0.384. The summed E-state index contributed by atoms with van der Waals surface area (Å²) in [7, 11) is 0. The summed E-state index contributed by atoms with van der Waals surface area (Å²) < 4.78 is 5.34. The minimum atomic E-state index is -0.777. The van der Waals surface area contributed by atoms with Gasteiger partial charge in [-0.2, -0.15) is 0 Å². The maximum absolute atomic E-state index is 12.4. The average Bonchev–Trinajstić information content (AvgIpc) is 2.70. The maximum Gasteiger partial charge on any atom is 0.328 e. The minimum absolute atomic E-state index is 0.0604. The van der Waals surface area contributed by atoms with Crippen LogP contribution >= 0.6 is 0 Å². The van der Waals surface area contributed by atoms with E-state index < -0.39 is 22.8 Å². The Labute approximate surface area is 169 Å². The Morgan fingerprint density at radius 2 is 1.86 bits per heavy atom. The third-order valence-electron chi connectivity index (χ3n) is 4.04. The molecule has 0 heterocycles. The summed E-state index contributed by atoms with van der Waals surface area (Å²) in [4.78, 5) is 35.0. The van der Waals surface area contributed by atoms with E-state index in [0.29, 0.717) is 12.0 Å². The smallest absolute Gasteiger partial charge is 0.328 e. The number of esters is 1. The lowest BCUT2D eigenvalue weighted by atomic mass is 10.0. The zero-order chi connectivity index (χ0) is 21.2. The Hall–Kier alpha value is -3.48. The first-order valence-corrected chi connectivity index (χ1v) is 9.28. The second-order valence-corrected chi connectivity index (χ2v) is 6.97. The fourth-order valence-electron chi connectivity index (χ4n) is 2.65. The van der Waals surface area contributed by atoms with Crippen molar-refractivity contribution in [2.45, 2.75) is 32.9 Å². The number of non-ortho nitro benzene ring substituents is 1. The molecule has 0 bridgehead atoms. The lowest BCUT2D eigenvalue weighted by Gasteiger charge is -2.18. The molecule has 0 saturated heterocycles. The molecule has 0 aliphatic rings. The maximum atomic E-state index is 12.4. The third kappa shape index (κ3) is 7.57. The summed E-state index contributed by atoms with van der Waals surface area (Å²) in [6.07, 6.45) is 3.14. The van der Waals surface area contributed by atoms with Crippen LogP contribution in [0.15, 0.2) is 60.7 Å². The van der Waals surface area contributed by atoms with Crippen molar-refractivity contribution >= 4 is 23.6 Å². The number of rotatable bonds is 9. The van der Waals surface area contributed by atoms with Gasteiger partial charge in [0, 0.05) is 18.2 Å². The van der Waals surface area contributed by atoms with Crippen LogP contribution in [-0.2, 0) is 20.9 Å². The predicted molar refractivity (Wildman–Crippen MR) is 110 cm³/mol. The summed E-state index contributed by atoms with van der Waals surface area (Å²) >= 11 is 0. The van der Waals surface area contributed by atoms with Gasteiger partial charge in [0.15, 0.2) is 0 Å². The molecule has 2 rings (SSSR count). The van der Waals surface area contributed by atoms with E-state index in [9.17, 15) is 19.7 Å². The number of nitro groups is 1. The van der Waals surface area contributed by atoms with Crippen molar-refractivity contribution in [1.29, 1.82) is 0 Å². The van der Waals surface area contributed by atoms with Gasteiger partial charge in [0.1, 0.15) is 12.6 Å². The van der Waals surface area contributed by atoms with Gasteiger partial charge in [-0.15, -0.1) is 0 Å². The molecule has 0 aliphatic heterocycles.